The SMILES string of the molecule is NC(=O)CCC(N)C(=O)NCC(=O)NC(CCCN=C(N)N)C(=O)O. The first kappa shape index (κ1) is 22.1. The van der Waals surface area contributed by atoms with E-state index in [0.717, 1.165) is 0 Å². The average molecular weight is 359 g/mol. The van der Waals surface area contributed by atoms with Crippen molar-refractivity contribution >= 4 is 29.7 Å². The highest BCUT2D eigenvalue weighted by molar-refractivity contribution is 5.89. The van der Waals surface area contributed by atoms with Gasteiger partial charge in [-0.3, -0.25) is 19.4 Å². The predicted molar refractivity (Wildman–Crippen MR) is 88.9 cm³/mol. The Kier molecular flexibility index (Phi) is 10.3. The lowest BCUT2D eigenvalue weighted by molar-refractivity contribution is -0.142. The van der Waals surface area contributed by atoms with E-state index in [1.807, 2.05) is 0 Å². The summed E-state index contributed by atoms with van der Waals surface area (Å²) in [4.78, 5) is 48.8. The highest BCUT2D eigenvalue weighted by Crippen LogP contribution is 1.99. The van der Waals surface area contributed by atoms with Crippen LogP contribution in [0.1, 0.15) is 25.7 Å². The number of nitrogens with two attached hydrogens (primary N) is 4. The summed E-state index contributed by atoms with van der Waals surface area (Å²) in [6, 6.07) is -2.13. The Labute approximate surface area is 144 Å². The van der Waals surface area contributed by atoms with Gasteiger partial charge in [0.2, 0.25) is 17.7 Å². The largest absolute Gasteiger partial charge is 0.480 e. The van der Waals surface area contributed by atoms with Crippen LogP contribution in [-0.2, 0) is 19.2 Å². The van der Waals surface area contributed by atoms with Crippen LogP contribution in [0.3, 0.4) is 0 Å². The van der Waals surface area contributed by atoms with Crippen LogP contribution in [-0.4, -0.2) is 59.9 Å². The van der Waals surface area contributed by atoms with Crippen molar-refractivity contribution in [3.63, 3.8) is 0 Å². The molecule has 0 spiro atoms. The van der Waals surface area contributed by atoms with Gasteiger partial charge in [-0.2, -0.15) is 0 Å². The van der Waals surface area contributed by atoms with Crippen LogP contribution in [0.4, 0.5) is 0 Å². The van der Waals surface area contributed by atoms with Gasteiger partial charge in [-0.1, -0.05) is 0 Å². The summed E-state index contributed by atoms with van der Waals surface area (Å²) in [7, 11) is 0. The van der Waals surface area contributed by atoms with E-state index in [1.54, 1.807) is 0 Å². The quantitative estimate of drug-likeness (QED) is 0.104. The van der Waals surface area contributed by atoms with E-state index in [4.69, 9.17) is 28.0 Å². The lowest BCUT2D eigenvalue weighted by Crippen LogP contribution is -2.48. The van der Waals surface area contributed by atoms with E-state index < -0.39 is 42.3 Å². The smallest absolute Gasteiger partial charge is 0.326 e. The minimum atomic E-state index is -1.22. The maximum Gasteiger partial charge on any atom is 0.326 e. The number of carbonyl (C=O) groups excluding carboxylic acids is 3. The highest BCUT2D eigenvalue weighted by Gasteiger charge is 2.20. The molecule has 0 aromatic carbocycles. The van der Waals surface area contributed by atoms with Gasteiger partial charge >= 0.3 is 5.97 Å². The normalized spacial score (nSPS) is 12.5. The monoisotopic (exact) mass is 359 g/mol. The third-order valence-electron chi connectivity index (χ3n) is 3.04. The van der Waals surface area contributed by atoms with Crippen molar-refractivity contribution in [2.24, 2.45) is 27.9 Å². The zero-order chi connectivity index (χ0) is 19.4. The molecule has 2 atom stereocenters. The number of carbonyl (C=O) groups is 4. The average Bonchev–Trinajstić information content (AvgIpc) is 2.52. The second-order valence-electron chi connectivity index (χ2n) is 5.24. The van der Waals surface area contributed by atoms with Crippen LogP contribution in [0.2, 0.25) is 0 Å². The molecule has 0 aliphatic carbocycles. The molecule has 0 rings (SSSR count). The molecule has 0 fully saturated rings. The van der Waals surface area contributed by atoms with Crippen molar-refractivity contribution in [2.45, 2.75) is 37.8 Å². The van der Waals surface area contributed by atoms with E-state index in [1.165, 1.54) is 0 Å². The minimum absolute atomic E-state index is 0.0470. The number of hydrogen-bond acceptors (Lipinski definition) is 6. The lowest BCUT2D eigenvalue weighted by atomic mass is 10.1. The molecular weight excluding hydrogens is 334 g/mol. The first-order valence-electron chi connectivity index (χ1n) is 7.52. The summed E-state index contributed by atoms with van der Waals surface area (Å²) < 4.78 is 0. The molecule has 11 N–H and O–H groups in total. The Balaban J connectivity index is 4.25. The van der Waals surface area contributed by atoms with E-state index in [-0.39, 0.29) is 31.8 Å². The van der Waals surface area contributed by atoms with Gasteiger partial charge in [0.05, 0.1) is 12.6 Å². The second kappa shape index (κ2) is 11.6. The van der Waals surface area contributed by atoms with Crippen molar-refractivity contribution < 1.29 is 24.3 Å². The number of carboxylic acid groups (broad SMARTS) is 1. The molecule has 2 unspecified atom stereocenters. The van der Waals surface area contributed by atoms with Crippen LogP contribution in [0.5, 0.6) is 0 Å². The van der Waals surface area contributed by atoms with Crippen molar-refractivity contribution in [3.05, 3.63) is 0 Å². The Bertz CT molecular complexity index is 519. The van der Waals surface area contributed by atoms with Crippen LogP contribution >= 0.6 is 0 Å². The van der Waals surface area contributed by atoms with Crippen molar-refractivity contribution in [1.82, 2.24) is 10.6 Å². The Morgan fingerprint density at radius 1 is 1.08 bits per heavy atom. The van der Waals surface area contributed by atoms with Gasteiger partial charge in [-0.15, -0.1) is 0 Å². The summed E-state index contributed by atoms with van der Waals surface area (Å²) in [6.45, 7) is -0.214. The van der Waals surface area contributed by atoms with Crippen molar-refractivity contribution in [2.75, 3.05) is 13.1 Å². The fourth-order valence-corrected chi connectivity index (χ4v) is 1.73. The summed E-state index contributed by atoms with van der Waals surface area (Å²) in [5.74, 6) is -3.25. The second-order valence-corrected chi connectivity index (χ2v) is 5.24. The third-order valence-corrected chi connectivity index (χ3v) is 3.04. The number of hydrogen-bond donors (Lipinski definition) is 7. The number of aliphatic carboxylic acids is 1. The molecule has 0 heterocycles. The van der Waals surface area contributed by atoms with Crippen LogP contribution in [0.25, 0.3) is 0 Å². The van der Waals surface area contributed by atoms with Gasteiger partial charge in [-0.25, -0.2) is 4.79 Å². The Hall–Kier alpha value is -2.89. The summed E-state index contributed by atoms with van der Waals surface area (Å²) in [6.07, 6.45) is 0.451. The van der Waals surface area contributed by atoms with E-state index in [9.17, 15) is 19.2 Å². The highest BCUT2D eigenvalue weighted by atomic mass is 16.4. The van der Waals surface area contributed by atoms with Crippen molar-refractivity contribution in [3.8, 4) is 0 Å². The third kappa shape index (κ3) is 11.3. The molecule has 0 radical (unpaired) electrons. The van der Waals surface area contributed by atoms with Gasteiger partial charge in [0, 0.05) is 13.0 Å². The summed E-state index contributed by atoms with van der Waals surface area (Å²) >= 11 is 0. The minimum Gasteiger partial charge on any atom is -0.480 e. The molecule has 25 heavy (non-hydrogen) atoms. The molecule has 0 aromatic rings. The van der Waals surface area contributed by atoms with Gasteiger partial charge in [0.15, 0.2) is 5.96 Å². The molecule has 12 nitrogen and oxygen atoms in total. The van der Waals surface area contributed by atoms with E-state index >= 15 is 0 Å². The van der Waals surface area contributed by atoms with Crippen LogP contribution in [0.15, 0.2) is 4.99 Å². The molecule has 0 aliphatic rings. The molecular formula is C13H25N7O5. The molecule has 0 aliphatic heterocycles. The van der Waals surface area contributed by atoms with Crippen LogP contribution < -0.4 is 33.6 Å². The summed E-state index contributed by atoms with van der Waals surface area (Å²) in [5, 5.41) is 13.6. The number of nitrogens with zero attached hydrogens (tertiary/aromatic N) is 1. The lowest BCUT2D eigenvalue weighted by Gasteiger charge is -2.15. The Morgan fingerprint density at radius 2 is 1.72 bits per heavy atom. The number of primary amides is 1. The fraction of sp³-hybridized carbons (Fsp3) is 0.615. The molecule has 12 heteroatoms. The number of aliphatic imine (C=N–C) groups is 1. The topological polar surface area (TPSA) is 229 Å². The molecule has 3 amide bonds. The number of nitrogens with one attached hydrogen (secondary N) is 2. The molecule has 142 valence electrons. The zero-order valence-electron chi connectivity index (χ0n) is 13.7. The van der Waals surface area contributed by atoms with Gasteiger partial charge in [0.25, 0.3) is 0 Å². The van der Waals surface area contributed by atoms with E-state index in [2.05, 4.69) is 15.6 Å². The number of amides is 3. The molecule has 0 bridgehead atoms. The number of carboxylic acids is 1. The maximum absolute atomic E-state index is 11.7. The standard InChI is InChI=1S/C13H25N7O5/c14-7(3-4-9(15)21)11(23)19-6-10(22)20-8(12(24)25)2-1-5-18-13(16)17/h7-8H,1-6,14H2,(H2,15,21)(H,19,23)(H,20,22)(H,24,25)(H4,16,17,18). The fourth-order valence-electron chi connectivity index (χ4n) is 1.73. The zero-order valence-corrected chi connectivity index (χ0v) is 13.7. The molecule has 0 aromatic heterocycles. The maximum atomic E-state index is 11.7. The van der Waals surface area contributed by atoms with Gasteiger partial charge in [-0.05, 0) is 19.3 Å². The molecule has 0 saturated carbocycles. The first-order chi connectivity index (χ1) is 11.6. The Morgan fingerprint density at radius 3 is 2.24 bits per heavy atom. The van der Waals surface area contributed by atoms with Crippen LogP contribution in [0, 0.1) is 0 Å². The number of rotatable bonds is 12. The summed E-state index contributed by atoms with van der Waals surface area (Å²) in [5.41, 5.74) is 20.8. The van der Waals surface area contributed by atoms with E-state index in [0.29, 0.717) is 6.42 Å². The predicted octanol–water partition coefficient (Wildman–Crippen LogP) is -3.68. The first-order valence-corrected chi connectivity index (χ1v) is 7.52. The number of guanidine groups is 1. The van der Waals surface area contributed by atoms with Gasteiger partial charge < -0.3 is 38.7 Å². The van der Waals surface area contributed by atoms with Crippen molar-refractivity contribution in [1.29, 1.82) is 0 Å². The van der Waals surface area contributed by atoms with Gasteiger partial charge in [0.1, 0.15) is 6.04 Å². The molecule has 0 saturated heterocycles.